The fourth-order valence-electron chi connectivity index (χ4n) is 2.43. The van der Waals surface area contributed by atoms with Gasteiger partial charge in [-0.15, -0.1) is 0 Å². The van der Waals surface area contributed by atoms with Crippen LogP contribution in [0, 0.1) is 0 Å². The molecular formula is C18H17NO3. The number of aromatic carboxylic acids is 1. The van der Waals surface area contributed by atoms with Gasteiger partial charge in [-0.3, -0.25) is 0 Å². The molecule has 0 saturated carbocycles. The van der Waals surface area contributed by atoms with E-state index in [1.54, 1.807) is 6.07 Å². The minimum Gasteiger partial charge on any atom is -0.491 e. The van der Waals surface area contributed by atoms with E-state index in [0.717, 1.165) is 27.8 Å². The summed E-state index contributed by atoms with van der Waals surface area (Å²) in [5.74, 6) is -0.109. The molecule has 0 aliphatic rings. The number of aromatic nitrogens is 1. The first-order valence-corrected chi connectivity index (χ1v) is 7.16. The highest BCUT2D eigenvalue weighted by molar-refractivity contribution is 5.95. The number of carboxylic acids is 1. The molecule has 0 amide bonds. The van der Waals surface area contributed by atoms with E-state index in [1.165, 1.54) is 0 Å². The van der Waals surface area contributed by atoms with Gasteiger partial charge < -0.3 is 14.8 Å². The Balaban J connectivity index is 1.94. The Morgan fingerprint density at radius 3 is 2.36 bits per heavy atom. The fraction of sp³-hybridized carbons (Fsp3) is 0.167. The van der Waals surface area contributed by atoms with Crippen LogP contribution < -0.4 is 4.74 Å². The van der Waals surface area contributed by atoms with Gasteiger partial charge in [-0.05, 0) is 55.3 Å². The van der Waals surface area contributed by atoms with Crippen LogP contribution in [-0.4, -0.2) is 22.2 Å². The van der Waals surface area contributed by atoms with Crippen LogP contribution in [0.3, 0.4) is 0 Å². The Labute approximate surface area is 128 Å². The summed E-state index contributed by atoms with van der Waals surface area (Å²) >= 11 is 0. The van der Waals surface area contributed by atoms with E-state index in [2.05, 4.69) is 4.98 Å². The SMILES string of the molecule is CC(C)Oc1ccc(-c2ccc3[nH]c(C(=O)O)cc3c2)cc1. The largest absolute Gasteiger partial charge is 0.491 e. The number of carboxylic acid groups (broad SMARTS) is 1. The predicted molar refractivity (Wildman–Crippen MR) is 86.5 cm³/mol. The molecule has 1 aromatic heterocycles. The molecule has 0 unspecified atom stereocenters. The fourth-order valence-corrected chi connectivity index (χ4v) is 2.43. The average Bonchev–Trinajstić information content (AvgIpc) is 2.90. The molecule has 22 heavy (non-hydrogen) atoms. The lowest BCUT2D eigenvalue weighted by atomic mass is 10.0. The molecule has 4 heteroatoms. The van der Waals surface area contributed by atoms with Gasteiger partial charge in [0.15, 0.2) is 0 Å². The van der Waals surface area contributed by atoms with E-state index in [4.69, 9.17) is 9.84 Å². The second-order valence-electron chi connectivity index (χ2n) is 5.48. The Kier molecular flexibility index (Phi) is 3.59. The van der Waals surface area contributed by atoms with Gasteiger partial charge in [0, 0.05) is 10.9 Å². The van der Waals surface area contributed by atoms with Crippen LogP contribution in [0.5, 0.6) is 5.75 Å². The summed E-state index contributed by atoms with van der Waals surface area (Å²) in [7, 11) is 0. The normalized spacial score (nSPS) is 11.0. The van der Waals surface area contributed by atoms with Gasteiger partial charge in [0.2, 0.25) is 0 Å². The number of aromatic amines is 1. The average molecular weight is 295 g/mol. The zero-order chi connectivity index (χ0) is 15.7. The molecule has 0 aliphatic carbocycles. The van der Waals surface area contributed by atoms with Gasteiger partial charge in [0.05, 0.1) is 6.10 Å². The highest BCUT2D eigenvalue weighted by atomic mass is 16.5. The number of hydrogen-bond acceptors (Lipinski definition) is 2. The third-order valence-corrected chi connectivity index (χ3v) is 3.41. The first kappa shape index (κ1) is 14.2. The number of nitrogens with one attached hydrogen (secondary N) is 1. The topological polar surface area (TPSA) is 62.3 Å². The van der Waals surface area contributed by atoms with E-state index in [9.17, 15) is 4.79 Å². The summed E-state index contributed by atoms with van der Waals surface area (Å²) in [6, 6.07) is 15.4. The molecule has 1 heterocycles. The van der Waals surface area contributed by atoms with Gasteiger partial charge in [0.25, 0.3) is 0 Å². The number of carbonyl (C=O) groups is 1. The molecule has 3 rings (SSSR count). The van der Waals surface area contributed by atoms with Crippen LogP contribution in [0.1, 0.15) is 24.3 Å². The van der Waals surface area contributed by atoms with Gasteiger partial charge in [-0.1, -0.05) is 18.2 Å². The molecule has 0 saturated heterocycles. The van der Waals surface area contributed by atoms with Gasteiger partial charge in [0.1, 0.15) is 11.4 Å². The summed E-state index contributed by atoms with van der Waals surface area (Å²) in [6.45, 7) is 3.99. The van der Waals surface area contributed by atoms with Crippen molar-refractivity contribution in [2.24, 2.45) is 0 Å². The molecular weight excluding hydrogens is 278 g/mol. The van der Waals surface area contributed by atoms with Gasteiger partial charge in [-0.25, -0.2) is 4.79 Å². The minimum atomic E-state index is -0.951. The Bertz CT molecular complexity index is 816. The summed E-state index contributed by atoms with van der Waals surface area (Å²) in [5.41, 5.74) is 3.13. The number of rotatable bonds is 4. The van der Waals surface area contributed by atoms with Gasteiger partial charge >= 0.3 is 5.97 Å². The van der Waals surface area contributed by atoms with Crippen molar-refractivity contribution in [2.75, 3.05) is 0 Å². The van der Waals surface area contributed by atoms with Crippen molar-refractivity contribution in [1.82, 2.24) is 4.98 Å². The molecule has 0 aliphatic heterocycles. The maximum Gasteiger partial charge on any atom is 0.352 e. The summed E-state index contributed by atoms with van der Waals surface area (Å²) in [4.78, 5) is 13.9. The van der Waals surface area contributed by atoms with E-state index < -0.39 is 5.97 Å². The Hall–Kier alpha value is -2.75. The second kappa shape index (κ2) is 5.56. The van der Waals surface area contributed by atoms with Crippen LogP contribution in [-0.2, 0) is 0 Å². The molecule has 4 nitrogen and oxygen atoms in total. The highest BCUT2D eigenvalue weighted by Gasteiger charge is 2.08. The van der Waals surface area contributed by atoms with Crippen LogP contribution >= 0.6 is 0 Å². The third-order valence-electron chi connectivity index (χ3n) is 3.41. The molecule has 0 spiro atoms. The van der Waals surface area contributed by atoms with Crippen molar-refractivity contribution in [3.63, 3.8) is 0 Å². The smallest absolute Gasteiger partial charge is 0.352 e. The van der Waals surface area contributed by atoms with Crippen LogP contribution in [0.15, 0.2) is 48.5 Å². The van der Waals surface area contributed by atoms with Crippen LogP contribution in [0.4, 0.5) is 0 Å². The summed E-state index contributed by atoms with van der Waals surface area (Å²) in [5, 5.41) is 9.92. The molecule has 0 bridgehead atoms. The molecule has 0 fully saturated rings. The van der Waals surface area contributed by atoms with Gasteiger partial charge in [-0.2, -0.15) is 0 Å². The van der Waals surface area contributed by atoms with Crippen LogP contribution in [0.2, 0.25) is 0 Å². The maximum atomic E-state index is 11.0. The zero-order valence-electron chi connectivity index (χ0n) is 12.5. The summed E-state index contributed by atoms with van der Waals surface area (Å²) < 4.78 is 5.63. The van der Waals surface area contributed by atoms with Crippen molar-refractivity contribution in [3.05, 3.63) is 54.2 Å². The molecule has 2 aromatic carbocycles. The highest BCUT2D eigenvalue weighted by Crippen LogP contribution is 2.27. The number of H-pyrrole nitrogens is 1. The number of fused-ring (bicyclic) bond motifs is 1. The lowest BCUT2D eigenvalue weighted by Gasteiger charge is -2.10. The summed E-state index contributed by atoms with van der Waals surface area (Å²) in [6.07, 6.45) is 0.150. The number of benzene rings is 2. The Morgan fingerprint density at radius 2 is 1.73 bits per heavy atom. The van der Waals surface area contributed by atoms with E-state index in [1.807, 2.05) is 56.3 Å². The lowest BCUT2D eigenvalue weighted by molar-refractivity contribution is 0.0691. The minimum absolute atomic E-state index is 0.150. The number of ether oxygens (including phenoxy) is 1. The van der Waals surface area contributed by atoms with E-state index in [0.29, 0.717) is 0 Å². The van der Waals surface area contributed by atoms with Crippen LogP contribution in [0.25, 0.3) is 22.0 Å². The molecule has 0 atom stereocenters. The van der Waals surface area contributed by atoms with Crippen molar-refractivity contribution in [1.29, 1.82) is 0 Å². The second-order valence-corrected chi connectivity index (χ2v) is 5.48. The quantitative estimate of drug-likeness (QED) is 0.753. The standard InChI is InChI=1S/C18H17NO3/c1-11(2)22-15-6-3-12(4-7-15)13-5-8-16-14(9-13)10-17(19-16)18(20)21/h3-11,19H,1-2H3,(H,20,21). The number of hydrogen-bond donors (Lipinski definition) is 2. The maximum absolute atomic E-state index is 11.0. The van der Waals surface area contributed by atoms with Crippen molar-refractivity contribution < 1.29 is 14.6 Å². The molecule has 112 valence electrons. The van der Waals surface area contributed by atoms with Crippen molar-refractivity contribution in [3.8, 4) is 16.9 Å². The molecule has 2 N–H and O–H groups in total. The monoisotopic (exact) mass is 295 g/mol. The predicted octanol–water partition coefficient (Wildman–Crippen LogP) is 4.32. The van der Waals surface area contributed by atoms with Crippen molar-refractivity contribution in [2.45, 2.75) is 20.0 Å². The van der Waals surface area contributed by atoms with E-state index >= 15 is 0 Å². The molecule has 0 radical (unpaired) electrons. The first-order valence-electron chi connectivity index (χ1n) is 7.16. The first-order chi connectivity index (χ1) is 10.5. The molecule has 3 aromatic rings. The lowest BCUT2D eigenvalue weighted by Crippen LogP contribution is -2.05. The third kappa shape index (κ3) is 2.81. The zero-order valence-corrected chi connectivity index (χ0v) is 12.5. The van der Waals surface area contributed by atoms with Crippen molar-refractivity contribution >= 4 is 16.9 Å². The Morgan fingerprint density at radius 1 is 1.05 bits per heavy atom. The van der Waals surface area contributed by atoms with E-state index in [-0.39, 0.29) is 11.8 Å².